The lowest BCUT2D eigenvalue weighted by atomic mass is 9.96. The van der Waals surface area contributed by atoms with Crippen LogP contribution in [0.4, 0.5) is 0 Å². The molecule has 5 nitrogen and oxygen atoms in total. The summed E-state index contributed by atoms with van der Waals surface area (Å²) >= 11 is 5.06. The molecule has 1 aromatic heterocycles. The van der Waals surface area contributed by atoms with Crippen molar-refractivity contribution in [1.82, 2.24) is 4.57 Å². The first-order valence-corrected chi connectivity index (χ1v) is 7.87. The molecule has 0 bridgehead atoms. The van der Waals surface area contributed by atoms with Gasteiger partial charge in [-0.05, 0) is 37.3 Å². The van der Waals surface area contributed by atoms with Gasteiger partial charge in [0.1, 0.15) is 16.3 Å². The van der Waals surface area contributed by atoms with Crippen LogP contribution in [0.25, 0.3) is 5.70 Å². The van der Waals surface area contributed by atoms with Gasteiger partial charge in [0.25, 0.3) is 5.56 Å². The minimum atomic E-state index is -0.683. The van der Waals surface area contributed by atoms with Gasteiger partial charge in [0.05, 0.1) is 12.3 Å². The van der Waals surface area contributed by atoms with E-state index in [4.69, 9.17) is 27.4 Å². The Morgan fingerprint density at radius 3 is 2.83 bits per heavy atom. The Bertz CT molecular complexity index is 888. The fraction of sp³-hybridized carbons (Fsp3) is 0.222. The molecule has 0 fully saturated rings. The van der Waals surface area contributed by atoms with Crippen LogP contribution in [0.15, 0.2) is 53.5 Å². The van der Waals surface area contributed by atoms with Gasteiger partial charge < -0.3 is 15.2 Å². The van der Waals surface area contributed by atoms with Crippen LogP contribution in [0, 0.1) is 0 Å². The smallest absolute Gasteiger partial charge is 0.255 e. The van der Waals surface area contributed by atoms with Crippen molar-refractivity contribution in [3.05, 3.63) is 70.2 Å². The minimum absolute atomic E-state index is 0.128. The Balaban J connectivity index is 2.24. The van der Waals surface area contributed by atoms with Crippen LogP contribution in [0.2, 0.25) is 0 Å². The highest BCUT2D eigenvalue weighted by Gasteiger charge is 2.32. The minimum Gasteiger partial charge on any atom is -0.480 e. The molecule has 0 saturated heterocycles. The largest absolute Gasteiger partial charge is 0.480 e. The van der Waals surface area contributed by atoms with E-state index < -0.39 is 5.60 Å². The van der Waals surface area contributed by atoms with Crippen LogP contribution in [-0.2, 0) is 4.74 Å². The van der Waals surface area contributed by atoms with Crippen LogP contribution in [0.3, 0.4) is 0 Å². The average Bonchev–Trinajstić information content (AvgIpc) is 2.54. The molecule has 124 valence electrons. The van der Waals surface area contributed by atoms with Crippen LogP contribution in [0.5, 0.6) is 5.75 Å². The molecule has 2 heterocycles. The normalized spacial score (nSPS) is 19.2. The summed E-state index contributed by atoms with van der Waals surface area (Å²) in [6, 6.07) is 10.5. The van der Waals surface area contributed by atoms with E-state index in [1.807, 2.05) is 37.3 Å². The van der Waals surface area contributed by atoms with Crippen molar-refractivity contribution in [3.63, 3.8) is 0 Å². The van der Waals surface area contributed by atoms with Crippen molar-refractivity contribution in [2.24, 2.45) is 5.73 Å². The van der Waals surface area contributed by atoms with Gasteiger partial charge in [-0.15, -0.1) is 0 Å². The third-order valence-electron chi connectivity index (χ3n) is 3.84. The van der Waals surface area contributed by atoms with E-state index in [1.54, 1.807) is 23.9 Å². The zero-order chi connectivity index (χ0) is 17.3. The van der Waals surface area contributed by atoms with Crippen LogP contribution in [-0.4, -0.2) is 28.9 Å². The van der Waals surface area contributed by atoms with E-state index >= 15 is 0 Å². The molecule has 0 amide bonds. The fourth-order valence-corrected chi connectivity index (χ4v) is 2.93. The van der Waals surface area contributed by atoms with Gasteiger partial charge in [-0.25, -0.2) is 0 Å². The lowest BCUT2D eigenvalue weighted by Gasteiger charge is -2.34. The van der Waals surface area contributed by atoms with Crippen LogP contribution >= 0.6 is 12.2 Å². The highest BCUT2D eigenvalue weighted by atomic mass is 32.1. The van der Waals surface area contributed by atoms with Gasteiger partial charge in [-0.3, -0.25) is 9.36 Å². The highest BCUT2D eigenvalue weighted by molar-refractivity contribution is 7.80. The number of benzene rings is 1. The van der Waals surface area contributed by atoms with Crippen molar-refractivity contribution in [1.29, 1.82) is 0 Å². The van der Waals surface area contributed by atoms with E-state index in [1.165, 1.54) is 6.07 Å². The molecule has 0 radical (unpaired) electrons. The molecule has 0 saturated carbocycles. The maximum Gasteiger partial charge on any atom is 0.255 e. The Morgan fingerprint density at radius 2 is 2.17 bits per heavy atom. The van der Waals surface area contributed by atoms with Crippen molar-refractivity contribution in [3.8, 4) is 5.75 Å². The van der Waals surface area contributed by atoms with Gasteiger partial charge in [-0.2, -0.15) is 0 Å². The maximum atomic E-state index is 12.3. The summed E-state index contributed by atoms with van der Waals surface area (Å²) in [6.45, 7) is 2.27. The molecular formula is C18H18N2O3S. The molecule has 2 aromatic rings. The Labute approximate surface area is 145 Å². The van der Waals surface area contributed by atoms with Crippen molar-refractivity contribution in [2.45, 2.75) is 12.5 Å². The van der Waals surface area contributed by atoms with E-state index in [9.17, 15) is 4.79 Å². The van der Waals surface area contributed by atoms with Gasteiger partial charge in [0.2, 0.25) is 0 Å². The lowest BCUT2D eigenvalue weighted by Crippen LogP contribution is -2.39. The number of fused-ring (bicyclic) bond motifs is 1. The molecule has 1 unspecified atom stereocenters. The summed E-state index contributed by atoms with van der Waals surface area (Å²) < 4.78 is 12.9. The van der Waals surface area contributed by atoms with Gasteiger partial charge in [-0.1, -0.05) is 18.3 Å². The van der Waals surface area contributed by atoms with Crippen molar-refractivity contribution in [2.75, 3.05) is 13.7 Å². The summed E-state index contributed by atoms with van der Waals surface area (Å²) in [5.74, 6) is 0.655. The van der Waals surface area contributed by atoms with Gasteiger partial charge >= 0.3 is 0 Å². The highest BCUT2D eigenvalue weighted by Crippen LogP contribution is 2.37. The summed E-state index contributed by atoms with van der Waals surface area (Å²) in [5.41, 5.74) is 7.14. The van der Waals surface area contributed by atoms with Crippen LogP contribution < -0.4 is 16.0 Å². The van der Waals surface area contributed by atoms with E-state index in [0.29, 0.717) is 17.3 Å². The lowest BCUT2D eigenvalue weighted by molar-refractivity contribution is 0.0370. The number of hydrogen-bond acceptors (Lipinski definition) is 4. The zero-order valence-electron chi connectivity index (χ0n) is 13.5. The molecule has 1 aliphatic rings. The summed E-state index contributed by atoms with van der Waals surface area (Å²) in [6.07, 6.45) is 3.62. The third-order valence-corrected chi connectivity index (χ3v) is 4.07. The second kappa shape index (κ2) is 6.22. The summed E-state index contributed by atoms with van der Waals surface area (Å²) in [5, 5.41) is 0. The number of nitrogens with zero attached hydrogens (tertiary/aromatic N) is 1. The first-order chi connectivity index (χ1) is 11.4. The molecule has 1 aromatic carbocycles. The zero-order valence-corrected chi connectivity index (χ0v) is 14.3. The number of ether oxygens (including phenoxy) is 2. The third kappa shape index (κ3) is 2.98. The molecule has 0 aliphatic carbocycles. The van der Waals surface area contributed by atoms with E-state index in [2.05, 4.69) is 0 Å². The Hall–Kier alpha value is -2.44. The molecule has 2 N–H and O–H groups in total. The molecule has 1 aliphatic heterocycles. The second-order valence-corrected chi connectivity index (χ2v) is 6.30. The predicted octanol–water partition coefficient (Wildman–Crippen LogP) is 2.17. The monoisotopic (exact) mass is 342 g/mol. The Morgan fingerprint density at radius 1 is 1.38 bits per heavy atom. The predicted molar refractivity (Wildman–Crippen MR) is 97.3 cm³/mol. The van der Waals surface area contributed by atoms with E-state index in [-0.39, 0.29) is 5.56 Å². The average molecular weight is 342 g/mol. The Kier molecular flexibility index (Phi) is 4.26. The summed E-state index contributed by atoms with van der Waals surface area (Å²) in [4.78, 5) is 12.6. The topological polar surface area (TPSA) is 66.5 Å². The number of rotatable bonds is 4. The molecule has 6 heteroatoms. The van der Waals surface area contributed by atoms with Crippen molar-refractivity contribution < 1.29 is 9.47 Å². The summed E-state index contributed by atoms with van der Waals surface area (Å²) in [7, 11) is 1.61. The number of nitrogens with two attached hydrogens (primary N) is 1. The number of methoxy groups -OCH3 is 1. The number of hydrogen-bond donors (Lipinski definition) is 1. The van der Waals surface area contributed by atoms with Crippen molar-refractivity contribution >= 4 is 22.9 Å². The molecule has 3 rings (SSSR count). The van der Waals surface area contributed by atoms with Crippen LogP contribution in [0.1, 0.15) is 18.1 Å². The standard InChI is InChI=1S/C18H18N2O3S/c1-18(11-22-2)10-14(20-8-4-3-5-16(20)21)13-9-12(17(19)24)6-7-15(13)23-18/h3-10H,11H2,1-2H3,(H2,19,24). The quantitative estimate of drug-likeness (QED) is 0.863. The molecule has 1 atom stereocenters. The second-order valence-electron chi connectivity index (χ2n) is 5.86. The SMILES string of the molecule is COCC1(C)C=C(n2ccccc2=O)c2cc(C(N)=S)ccc2O1. The van der Waals surface area contributed by atoms with E-state index in [0.717, 1.165) is 16.8 Å². The molecular weight excluding hydrogens is 324 g/mol. The number of aromatic nitrogens is 1. The van der Waals surface area contributed by atoms with Gasteiger partial charge in [0, 0.05) is 30.5 Å². The number of thiocarbonyl (C=S) groups is 1. The maximum absolute atomic E-state index is 12.3. The fourth-order valence-electron chi connectivity index (χ4n) is 2.80. The first-order valence-electron chi connectivity index (χ1n) is 7.47. The van der Waals surface area contributed by atoms with Gasteiger partial charge in [0.15, 0.2) is 0 Å². The molecule has 24 heavy (non-hydrogen) atoms. The number of pyridine rings is 1. The molecule has 0 spiro atoms. The first kappa shape index (κ1) is 16.4.